The minimum atomic E-state index is -0.400. The number of thioether (sulfide) groups is 1. The molecule has 3 aromatic rings. The Bertz CT molecular complexity index is 1080. The van der Waals surface area contributed by atoms with Gasteiger partial charge < -0.3 is 5.32 Å². The van der Waals surface area contributed by atoms with Gasteiger partial charge in [-0.15, -0.1) is 0 Å². The molecule has 0 aliphatic carbocycles. The van der Waals surface area contributed by atoms with Crippen LogP contribution < -0.4 is 10.9 Å². The van der Waals surface area contributed by atoms with E-state index in [4.69, 9.17) is 0 Å². The minimum Gasteiger partial charge on any atom is -0.325 e. The average molecular weight is 460 g/mol. The number of benzene rings is 2. The molecule has 1 aromatic heterocycles. The fraction of sp³-hybridized carbons (Fsp3) is 0.286. The van der Waals surface area contributed by atoms with Gasteiger partial charge in [0.2, 0.25) is 5.91 Å². The summed E-state index contributed by atoms with van der Waals surface area (Å²) in [5, 5.41) is 3.70. The van der Waals surface area contributed by atoms with E-state index in [0.717, 1.165) is 22.1 Å². The Morgan fingerprint density at radius 3 is 2.75 bits per heavy atom. The first-order valence-electron chi connectivity index (χ1n) is 9.14. The lowest BCUT2D eigenvalue weighted by atomic mass is 10.2. The van der Waals surface area contributed by atoms with Gasteiger partial charge >= 0.3 is 0 Å². The first kappa shape index (κ1) is 20.6. The maximum Gasteiger partial charge on any atom is 0.262 e. The van der Waals surface area contributed by atoms with E-state index in [9.17, 15) is 9.59 Å². The predicted octanol–water partition coefficient (Wildman–Crippen LogP) is 5.00. The molecular formula is C21H22BrN3O2S. The number of fused-ring (bicyclic) bond motifs is 1. The molecular weight excluding hydrogens is 438 g/mol. The van der Waals surface area contributed by atoms with Gasteiger partial charge in [0.1, 0.15) is 0 Å². The molecule has 0 saturated heterocycles. The number of nitrogens with zero attached hydrogens (tertiary/aromatic N) is 2. The van der Waals surface area contributed by atoms with Crippen LogP contribution in [0.4, 0.5) is 5.69 Å². The number of aryl methyl sites for hydroxylation is 1. The number of amides is 1. The normalized spacial score (nSPS) is 12.1. The molecule has 3 rings (SSSR count). The zero-order valence-electron chi connectivity index (χ0n) is 16.0. The van der Waals surface area contributed by atoms with E-state index in [0.29, 0.717) is 22.6 Å². The van der Waals surface area contributed by atoms with Crippen LogP contribution in [0.2, 0.25) is 0 Å². The molecule has 7 heteroatoms. The van der Waals surface area contributed by atoms with Crippen LogP contribution in [0.15, 0.2) is 56.9 Å². The summed E-state index contributed by atoms with van der Waals surface area (Å²) in [4.78, 5) is 30.3. The number of aromatic nitrogens is 2. The third-order valence-electron chi connectivity index (χ3n) is 4.38. The van der Waals surface area contributed by atoms with Crippen molar-refractivity contribution in [2.75, 3.05) is 5.32 Å². The lowest BCUT2D eigenvalue weighted by Crippen LogP contribution is -2.27. The Labute approximate surface area is 176 Å². The highest BCUT2D eigenvalue weighted by molar-refractivity contribution is 9.10. The first-order chi connectivity index (χ1) is 13.4. The van der Waals surface area contributed by atoms with Gasteiger partial charge in [-0.3, -0.25) is 14.2 Å². The van der Waals surface area contributed by atoms with E-state index < -0.39 is 5.25 Å². The Morgan fingerprint density at radius 1 is 1.29 bits per heavy atom. The smallest absolute Gasteiger partial charge is 0.262 e. The van der Waals surface area contributed by atoms with E-state index in [1.165, 1.54) is 11.8 Å². The van der Waals surface area contributed by atoms with Crippen molar-refractivity contribution in [2.45, 2.75) is 44.1 Å². The Kier molecular flexibility index (Phi) is 6.57. The summed E-state index contributed by atoms with van der Waals surface area (Å²) in [5.74, 6) is -0.118. The molecule has 28 heavy (non-hydrogen) atoms. The summed E-state index contributed by atoms with van der Waals surface area (Å²) < 4.78 is 2.50. The van der Waals surface area contributed by atoms with E-state index in [-0.39, 0.29) is 11.5 Å². The zero-order chi connectivity index (χ0) is 20.3. The molecule has 1 atom stereocenters. The second-order valence-corrected chi connectivity index (χ2v) is 8.80. The van der Waals surface area contributed by atoms with Gasteiger partial charge in [0.25, 0.3) is 5.56 Å². The van der Waals surface area contributed by atoms with Crippen molar-refractivity contribution in [3.63, 3.8) is 0 Å². The summed E-state index contributed by atoms with van der Waals surface area (Å²) in [5.41, 5.74) is 2.35. The van der Waals surface area contributed by atoms with Crippen LogP contribution in [-0.2, 0) is 11.3 Å². The van der Waals surface area contributed by atoms with Crippen LogP contribution in [0, 0.1) is 6.92 Å². The standard InChI is InChI=1S/C21H22BrN3O2S/c1-4-11-25-20(27)16-12-15(22)9-10-18(16)24-21(25)28-14(3)19(26)23-17-8-6-5-7-13(17)2/h5-10,12,14H,4,11H2,1-3H3,(H,23,26). The summed E-state index contributed by atoms with van der Waals surface area (Å²) in [6.07, 6.45) is 0.804. The van der Waals surface area contributed by atoms with E-state index in [2.05, 4.69) is 26.2 Å². The number of para-hydroxylation sites is 1. The van der Waals surface area contributed by atoms with Crippen LogP contribution in [-0.4, -0.2) is 20.7 Å². The molecule has 146 valence electrons. The third-order valence-corrected chi connectivity index (χ3v) is 5.97. The number of carbonyl (C=O) groups excluding carboxylic acids is 1. The third kappa shape index (κ3) is 4.47. The molecule has 1 heterocycles. The Balaban J connectivity index is 1.91. The van der Waals surface area contributed by atoms with E-state index in [1.54, 1.807) is 10.6 Å². The average Bonchev–Trinajstić information content (AvgIpc) is 2.67. The molecule has 0 saturated carbocycles. The lowest BCUT2D eigenvalue weighted by molar-refractivity contribution is -0.115. The van der Waals surface area contributed by atoms with Crippen molar-refractivity contribution in [3.05, 3.63) is 62.9 Å². The van der Waals surface area contributed by atoms with Gasteiger partial charge in [0.15, 0.2) is 5.16 Å². The zero-order valence-corrected chi connectivity index (χ0v) is 18.4. The number of nitrogens with one attached hydrogen (secondary N) is 1. The van der Waals surface area contributed by atoms with Crippen LogP contribution >= 0.6 is 27.7 Å². The number of halogens is 1. The fourth-order valence-electron chi connectivity index (χ4n) is 2.84. The van der Waals surface area contributed by atoms with Gasteiger partial charge in [-0.1, -0.05) is 52.8 Å². The monoisotopic (exact) mass is 459 g/mol. The molecule has 2 aromatic carbocycles. The molecule has 0 bridgehead atoms. The Morgan fingerprint density at radius 2 is 2.04 bits per heavy atom. The van der Waals surface area contributed by atoms with Gasteiger partial charge in [0.05, 0.1) is 16.2 Å². The highest BCUT2D eigenvalue weighted by Gasteiger charge is 2.20. The largest absolute Gasteiger partial charge is 0.325 e. The number of hydrogen-bond donors (Lipinski definition) is 1. The minimum absolute atomic E-state index is 0.0813. The summed E-state index contributed by atoms with van der Waals surface area (Å²) in [6, 6.07) is 13.1. The number of carbonyl (C=O) groups is 1. The van der Waals surface area contributed by atoms with Crippen LogP contribution in [0.5, 0.6) is 0 Å². The second kappa shape index (κ2) is 8.92. The SMILES string of the molecule is CCCn1c(SC(C)C(=O)Nc2ccccc2C)nc2ccc(Br)cc2c1=O. The van der Waals surface area contributed by atoms with E-state index >= 15 is 0 Å². The van der Waals surface area contributed by atoms with E-state index in [1.807, 2.05) is 57.2 Å². The van der Waals surface area contributed by atoms with Crippen molar-refractivity contribution in [3.8, 4) is 0 Å². The van der Waals surface area contributed by atoms with Gasteiger partial charge in [-0.25, -0.2) is 4.98 Å². The molecule has 0 radical (unpaired) electrons. The maximum atomic E-state index is 13.0. The van der Waals surface area contributed by atoms with Crippen molar-refractivity contribution in [1.29, 1.82) is 0 Å². The number of hydrogen-bond acceptors (Lipinski definition) is 4. The van der Waals surface area contributed by atoms with Crippen molar-refractivity contribution in [2.24, 2.45) is 0 Å². The van der Waals surface area contributed by atoms with Crippen molar-refractivity contribution < 1.29 is 4.79 Å². The van der Waals surface area contributed by atoms with Gasteiger partial charge in [-0.05, 0) is 50.1 Å². The quantitative estimate of drug-likeness (QED) is 0.416. The summed E-state index contributed by atoms with van der Waals surface area (Å²) >= 11 is 4.72. The molecule has 1 amide bonds. The van der Waals surface area contributed by atoms with Crippen LogP contribution in [0.25, 0.3) is 10.9 Å². The van der Waals surface area contributed by atoms with Gasteiger partial charge in [0, 0.05) is 16.7 Å². The van der Waals surface area contributed by atoms with Crippen LogP contribution in [0.3, 0.4) is 0 Å². The molecule has 0 aliphatic rings. The molecule has 1 N–H and O–H groups in total. The second-order valence-electron chi connectivity index (χ2n) is 6.58. The van der Waals surface area contributed by atoms with Crippen molar-refractivity contribution in [1.82, 2.24) is 9.55 Å². The molecule has 0 spiro atoms. The summed E-state index contributed by atoms with van der Waals surface area (Å²) in [7, 11) is 0. The highest BCUT2D eigenvalue weighted by Crippen LogP contribution is 2.25. The molecule has 0 fully saturated rings. The van der Waals surface area contributed by atoms with Crippen LogP contribution in [0.1, 0.15) is 25.8 Å². The van der Waals surface area contributed by atoms with Gasteiger partial charge in [-0.2, -0.15) is 0 Å². The highest BCUT2D eigenvalue weighted by atomic mass is 79.9. The predicted molar refractivity (Wildman–Crippen MR) is 119 cm³/mol. The number of rotatable bonds is 6. The lowest BCUT2D eigenvalue weighted by Gasteiger charge is -2.16. The maximum absolute atomic E-state index is 13.0. The molecule has 1 unspecified atom stereocenters. The number of anilines is 1. The Hall–Kier alpha value is -2.12. The summed E-state index contributed by atoms with van der Waals surface area (Å²) in [6.45, 7) is 6.35. The van der Waals surface area contributed by atoms with Crippen molar-refractivity contribution >= 4 is 50.2 Å². The fourth-order valence-corrected chi connectivity index (χ4v) is 4.14. The topological polar surface area (TPSA) is 64.0 Å². The molecule has 5 nitrogen and oxygen atoms in total. The molecule has 0 aliphatic heterocycles. The first-order valence-corrected chi connectivity index (χ1v) is 10.8.